The molecule has 2 aromatic rings. The van der Waals surface area contributed by atoms with E-state index in [1.807, 2.05) is 19.1 Å². The Kier molecular flexibility index (Phi) is 7.03. The molecule has 0 radical (unpaired) electrons. The van der Waals surface area contributed by atoms with Gasteiger partial charge < -0.3 is 0 Å². The molecule has 0 bridgehead atoms. The molecule has 31 heavy (non-hydrogen) atoms. The summed E-state index contributed by atoms with van der Waals surface area (Å²) in [6, 6.07) is 12.0. The van der Waals surface area contributed by atoms with Crippen molar-refractivity contribution in [3.8, 4) is 0 Å². The standard InChI is InChI=1S/C23H27BrN2O4S/c1-5-16(4)26(31(29,30)20-12-8-18(24)9-13-20)21-14-22(27)25(23(21)28)19-10-6-17(7-11-19)15(2)3/h6-13,15-16,21H,5,14H2,1-4H3. The van der Waals surface area contributed by atoms with E-state index in [-0.39, 0.29) is 11.3 Å². The summed E-state index contributed by atoms with van der Waals surface area (Å²) in [5, 5.41) is 0. The third-order valence-electron chi connectivity index (χ3n) is 5.66. The molecule has 0 N–H and O–H groups in total. The first-order valence-electron chi connectivity index (χ1n) is 10.3. The number of benzene rings is 2. The lowest BCUT2D eigenvalue weighted by molar-refractivity contribution is -0.122. The van der Waals surface area contributed by atoms with Crippen LogP contribution in [0.2, 0.25) is 0 Å². The summed E-state index contributed by atoms with van der Waals surface area (Å²) in [5.74, 6) is -0.585. The first-order valence-corrected chi connectivity index (χ1v) is 12.6. The van der Waals surface area contributed by atoms with E-state index in [2.05, 4.69) is 29.8 Å². The third kappa shape index (κ3) is 4.61. The topological polar surface area (TPSA) is 74.8 Å². The average molecular weight is 507 g/mol. The van der Waals surface area contributed by atoms with E-state index >= 15 is 0 Å². The maximum atomic E-state index is 13.5. The fourth-order valence-corrected chi connectivity index (χ4v) is 5.82. The van der Waals surface area contributed by atoms with Crippen molar-refractivity contribution < 1.29 is 18.0 Å². The summed E-state index contributed by atoms with van der Waals surface area (Å²) in [6.07, 6.45) is 0.335. The average Bonchev–Trinajstić information content (AvgIpc) is 3.01. The molecule has 0 spiro atoms. The van der Waals surface area contributed by atoms with Crippen LogP contribution in [0.3, 0.4) is 0 Å². The van der Waals surface area contributed by atoms with Crippen molar-refractivity contribution in [2.45, 2.75) is 63.4 Å². The molecular formula is C23H27BrN2O4S. The van der Waals surface area contributed by atoms with Crippen LogP contribution in [-0.4, -0.2) is 36.6 Å². The molecule has 2 atom stereocenters. The second-order valence-corrected chi connectivity index (χ2v) is 10.8. The Morgan fingerprint density at radius 2 is 1.61 bits per heavy atom. The third-order valence-corrected chi connectivity index (χ3v) is 8.23. The van der Waals surface area contributed by atoms with Crippen molar-refractivity contribution >= 4 is 43.5 Å². The molecule has 3 rings (SSSR count). The van der Waals surface area contributed by atoms with E-state index in [4.69, 9.17) is 0 Å². The first kappa shape index (κ1) is 23.6. The molecule has 1 fully saturated rings. The number of carbonyl (C=O) groups excluding carboxylic acids is 2. The van der Waals surface area contributed by atoms with Crippen LogP contribution in [0, 0.1) is 0 Å². The van der Waals surface area contributed by atoms with Crippen LogP contribution in [0.5, 0.6) is 0 Å². The number of sulfonamides is 1. The highest BCUT2D eigenvalue weighted by Crippen LogP contribution is 2.32. The largest absolute Gasteiger partial charge is 0.274 e. The van der Waals surface area contributed by atoms with Gasteiger partial charge in [0, 0.05) is 10.5 Å². The summed E-state index contributed by atoms with van der Waals surface area (Å²) in [4.78, 5) is 27.3. The number of anilines is 1. The normalized spacial score (nSPS) is 18.3. The second kappa shape index (κ2) is 9.22. The number of nitrogens with zero attached hydrogens (tertiary/aromatic N) is 2. The van der Waals surface area contributed by atoms with Crippen LogP contribution in [0.4, 0.5) is 5.69 Å². The van der Waals surface area contributed by atoms with Crippen LogP contribution in [0.25, 0.3) is 0 Å². The monoisotopic (exact) mass is 506 g/mol. The molecule has 1 saturated heterocycles. The molecule has 6 nitrogen and oxygen atoms in total. The number of rotatable bonds is 7. The van der Waals surface area contributed by atoms with Crippen molar-refractivity contribution in [3.05, 3.63) is 58.6 Å². The van der Waals surface area contributed by atoms with Gasteiger partial charge in [-0.25, -0.2) is 13.3 Å². The zero-order valence-corrected chi connectivity index (χ0v) is 20.5. The maximum Gasteiger partial charge on any atom is 0.252 e. The lowest BCUT2D eigenvalue weighted by atomic mass is 10.0. The van der Waals surface area contributed by atoms with Gasteiger partial charge in [0.2, 0.25) is 15.9 Å². The molecule has 0 saturated carbocycles. The number of amides is 2. The summed E-state index contributed by atoms with van der Waals surface area (Å²) in [5.41, 5.74) is 1.56. The minimum atomic E-state index is -3.98. The van der Waals surface area contributed by atoms with Gasteiger partial charge >= 0.3 is 0 Å². The van der Waals surface area contributed by atoms with E-state index in [1.54, 1.807) is 31.2 Å². The minimum absolute atomic E-state index is 0.0935. The summed E-state index contributed by atoms with van der Waals surface area (Å²) < 4.78 is 28.9. The number of carbonyl (C=O) groups is 2. The van der Waals surface area contributed by atoms with Crippen LogP contribution >= 0.6 is 15.9 Å². The minimum Gasteiger partial charge on any atom is -0.274 e. The van der Waals surface area contributed by atoms with Gasteiger partial charge in [0.25, 0.3) is 5.91 Å². The van der Waals surface area contributed by atoms with Crippen LogP contribution in [0.1, 0.15) is 52.0 Å². The highest BCUT2D eigenvalue weighted by atomic mass is 79.9. The van der Waals surface area contributed by atoms with E-state index < -0.39 is 33.9 Å². The fraction of sp³-hybridized carbons (Fsp3) is 0.391. The lowest BCUT2D eigenvalue weighted by Crippen LogP contribution is -2.49. The van der Waals surface area contributed by atoms with Gasteiger partial charge in [0.15, 0.2) is 0 Å². The molecule has 1 aliphatic heterocycles. The summed E-state index contributed by atoms with van der Waals surface area (Å²) in [7, 11) is -3.98. The molecule has 0 aliphatic carbocycles. The highest BCUT2D eigenvalue weighted by molar-refractivity contribution is 9.10. The van der Waals surface area contributed by atoms with E-state index in [0.29, 0.717) is 18.0 Å². The molecule has 0 aromatic heterocycles. The lowest BCUT2D eigenvalue weighted by Gasteiger charge is -2.31. The molecule has 1 heterocycles. The van der Waals surface area contributed by atoms with Crippen molar-refractivity contribution in [1.29, 1.82) is 0 Å². The summed E-state index contributed by atoms with van der Waals surface area (Å²) in [6.45, 7) is 7.75. The smallest absolute Gasteiger partial charge is 0.252 e. The number of hydrogen-bond acceptors (Lipinski definition) is 4. The Balaban J connectivity index is 1.98. The predicted octanol–water partition coefficient (Wildman–Crippen LogP) is 4.69. The predicted molar refractivity (Wildman–Crippen MR) is 124 cm³/mol. The summed E-state index contributed by atoms with van der Waals surface area (Å²) >= 11 is 3.31. The molecule has 2 unspecified atom stereocenters. The van der Waals surface area contributed by atoms with Crippen molar-refractivity contribution in [2.75, 3.05) is 4.90 Å². The van der Waals surface area contributed by atoms with Crippen LogP contribution in [0.15, 0.2) is 57.9 Å². The second-order valence-electron chi connectivity index (χ2n) is 8.08. The molecule has 2 aromatic carbocycles. The van der Waals surface area contributed by atoms with Gasteiger partial charge in [-0.3, -0.25) is 9.59 Å². The van der Waals surface area contributed by atoms with Gasteiger partial charge in [-0.2, -0.15) is 4.31 Å². The molecule has 1 aliphatic rings. The Bertz CT molecular complexity index is 1070. The van der Waals surface area contributed by atoms with Crippen LogP contribution in [-0.2, 0) is 19.6 Å². The Morgan fingerprint density at radius 3 is 2.13 bits per heavy atom. The van der Waals surface area contributed by atoms with Gasteiger partial charge in [0.05, 0.1) is 17.0 Å². The van der Waals surface area contributed by atoms with Crippen LogP contribution < -0.4 is 4.90 Å². The fourth-order valence-electron chi connectivity index (χ4n) is 3.71. The molecule has 166 valence electrons. The Morgan fingerprint density at radius 1 is 1.03 bits per heavy atom. The number of hydrogen-bond donors (Lipinski definition) is 0. The first-order chi connectivity index (χ1) is 14.6. The Labute approximate surface area is 192 Å². The van der Waals surface area contributed by atoms with Crippen molar-refractivity contribution in [1.82, 2.24) is 4.31 Å². The van der Waals surface area contributed by atoms with Crippen molar-refractivity contribution in [3.63, 3.8) is 0 Å². The SMILES string of the molecule is CCC(C)N(C1CC(=O)N(c2ccc(C(C)C)cc2)C1=O)S(=O)(=O)c1ccc(Br)cc1. The Hall–Kier alpha value is -2.03. The number of imide groups is 1. The van der Waals surface area contributed by atoms with Crippen molar-refractivity contribution in [2.24, 2.45) is 0 Å². The highest BCUT2D eigenvalue weighted by Gasteiger charge is 2.48. The molecular weight excluding hydrogens is 480 g/mol. The van der Waals surface area contributed by atoms with E-state index in [9.17, 15) is 18.0 Å². The maximum absolute atomic E-state index is 13.5. The molecule has 2 amide bonds. The van der Waals surface area contributed by atoms with Gasteiger partial charge in [-0.1, -0.05) is 48.8 Å². The quantitative estimate of drug-likeness (QED) is 0.510. The molecule has 8 heteroatoms. The number of halogens is 1. The van der Waals surface area contributed by atoms with E-state index in [1.165, 1.54) is 16.4 Å². The van der Waals surface area contributed by atoms with E-state index in [0.717, 1.165) is 14.9 Å². The van der Waals surface area contributed by atoms with Gasteiger partial charge in [0.1, 0.15) is 6.04 Å². The zero-order valence-electron chi connectivity index (χ0n) is 18.1. The van der Waals surface area contributed by atoms with Gasteiger partial charge in [-0.05, 0) is 61.2 Å². The van der Waals surface area contributed by atoms with Gasteiger partial charge in [-0.15, -0.1) is 0 Å². The zero-order chi connectivity index (χ0) is 22.9.